The second-order valence-electron chi connectivity index (χ2n) is 6.56. The van der Waals surface area contributed by atoms with Gasteiger partial charge in [-0.1, -0.05) is 24.3 Å². The molecule has 0 amide bonds. The first kappa shape index (κ1) is 17.8. The first-order chi connectivity index (χ1) is 12.3. The first-order valence-electron chi connectivity index (χ1n) is 8.97. The molecule has 0 atom stereocenters. The van der Waals surface area contributed by atoms with Crippen molar-refractivity contribution in [2.24, 2.45) is 0 Å². The first-order valence-corrected chi connectivity index (χ1v) is 8.97. The molecule has 4 heteroatoms. The Morgan fingerprint density at radius 2 is 1.16 bits per heavy atom. The van der Waals surface area contributed by atoms with E-state index < -0.39 is 0 Å². The Morgan fingerprint density at radius 3 is 1.68 bits per heavy atom. The average Bonchev–Trinajstić information content (AvgIpc) is 2.68. The molecule has 0 bridgehead atoms. The fraction of sp³-hybridized carbons (Fsp3) is 0.429. The minimum absolute atomic E-state index is 0.923. The van der Waals surface area contributed by atoms with Gasteiger partial charge in [0.25, 0.3) is 0 Å². The van der Waals surface area contributed by atoms with Crippen molar-refractivity contribution >= 4 is 0 Å². The van der Waals surface area contributed by atoms with Gasteiger partial charge in [0.2, 0.25) is 0 Å². The van der Waals surface area contributed by atoms with Crippen LogP contribution in [0.1, 0.15) is 11.1 Å². The Bertz CT molecular complexity index is 632. The molecule has 134 valence electrons. The smallest absolute Gasteiger partial charge is 0.118 e. The highest BCUT2D eigenvalue weighted by molar-refractivity contribution is 5.28. The lowest BCUT2D eigenvalue weighted by Gasteiger charge is -2.34. The molecule has 4 nitrogen and oxygen atoms in total. The van der Waals surface area contributed by atoms with E-state index in [1.54, 1.807) is 14.2 Å². The Kier molecular flexibility index (Phi) is 6.31. The van der Waals surface area contributed by atoms with E-state index in [1.165, 1.54) is 11.1 Å². The number of benzene rings is 2. The van der Waals surface area contributed by atoms with E-state index in [0.29, 0.717) is 0 Å². The highest BCUT2D eigenvalue weighted by atomic mass is 16.5. The SMILES string of the molecule is COc1ccc(CCN2CCN(Cc3ccc(OC)cc3)CC2)cc1. The van der Waals surface area contributed by atoms with Crippen molar-refractivity contribution < 1.29 is 9.47 Å². The maximum Gasteiger partial charge on any atom is 0.118 e. The zero-order valence-corrected chi connectivity index (χ0v) is 15.3. The molecule has 1 heterocycles. The molecule has 0 aliphatic carbocycles. The predicted molar refractivity (Wildman–Crippen MR) is 101 cm³/mol. The molecule has 2 aromatic carbocycles. The van der Waals surface area contributed by atoms with Crippen molar-refractivity contribution in [2.45, 2.75) is 13.0 Å². The Balaban J connectivity index is 1.40. The van der Waals surface area contributed by atoms with Gasteiger partial charge in [-0.25, -0.2) is 0 Å². The molecule has 1 aliphatic heterocycles. The van der Waals surface area contributed by atoms with Crippen LogP contribution >= 0.6 is 0 Å². The van der Waals surface area contributed by atoms with E-state index in [4.69, 9.17) is 9.47 Å². The number of ether oxygens (including phenoxy) is 2. The molecule has 0 N–H and O–H groups in total. The average molecular weight is 340 g/mol. The molecule has 0 unspecified atom stereocenters. The van der Waals surface area contributed by atoms with Crippen molar-refractivity contribution in [3.63, 3.8) is 0 Å². The topological polar surface area (TPSA) is 24.9 Å². The molecule has 25 heavy (non-hydrogen) atoms. The van der Waals surface area contributed by atoms with E-state index in [2.05, 4.69) is 34.1 Å². The van der Waals surface area contributed by atoms with Crippen LogP contribution in [0.4, 0.5) is 0 Å². The summed E-state index contributed by atoms with van der Waals surface area (Å²) in [6.45, 7) is 6.71. The van der Waals surface area contributed by atoms with Crippen molar-refractivity contribution in [2.75, 3.05) is 46.9 Å². The Hall–Kier alpha value is -2.04. The van der Waals surface area contributed by atoms with Crippen LogP contribution in [0.5, 0.6) is 11.5 Å². The largest absolute Gasteiger partial charge is 0.497 e. The number of nitrogens with zero attached hydrogens (tertiary/aromatic N) is 2. The summed E-state index contributed by atoms with van der Waals surface area (Å²) in [6, 6.07) is 16.8. The third-order valence-corrected chi connectivity index (χ3v) is 4.91. The summed E-state index contributed by atoms with van der Waals surface area (Å²) in [6.07, 6.45) is 1.10. The molecular weight excluding hydrogens is 312 g/mol. The molecule has 0 aromatic heterocycles. The summed E-state index contributed by atoms with van der Waals surface area (Å²) in [5.41, 5.74) is 2.73. The maximum atomic E-state index is 5.22. The quantitative estimate of drug-likeness (QED) is 0.773. The van der Waals surface area contributed by atoms with Gasteiger partial charge in [0.1, 0.15) is 11.5 Å². The zero-order chi connectivity index (χ0) is 17.5. The van der Waals surface area contributed by atoms with Crippen molar-refractivity contribution in [3.05, 3.63) is 59.7 Å². The normalized spacial score (nSPS) is 15.9. The van der Waals surface area contributed by atoms with Gasteiger partial charge >= 0.3 is 0 Å². The fourth-order valence-corrected chi connectivity index (χ4v) is 3.24. The molecule has 1 fully saturated rings. The van der Waals surface area contributed by atoms with E-state index in [1.807, 2.05) is 24.3 Å². The van der Waals surface area contributed by atoms with E-state index >= 15 is 0 Å². The molecule has 1 saturated heterocycles. The van der Waals surface area contributed by atoms with Gasteiger partial charge < -0.3 is 14.4 Å². The van der Waals surface area contributed by atoms with Gasteiger partial charge in [0, 0.05) is 39.3 Å². The summed E-state index contributed by atoms with van der Waals surface area (Å²) < 4.78 is 10.4. The molecule has 2 aromatic rings. The van der Waals surface area contributed by atoms with Crippen LogP contribution in [0.2, 0.25) is 0 Å². The summed E-state index contributed by atoms with van der Waals surface area (Å²) in [4.78, 5) is 5.10. The minimum atomic E-state index is 0.923. The van der Waals surface area contributed by atoms with Crippen LogP contribution in [0.25, 0.3) is 0 Å². The van der Waals surface area contributed by atoms with Gasteiger partial charge in [-0.2, -0.15) is 0 Å². The fourth-order valence-electron chi connectivity index (χ4n) is 3.24. The van der Waals surface area contributed by atoms with Gasteiger partial charge in [0.05, 0.1) is 14.2 Å². The highest BCUT2D eigenvalue weighted by Gasteiger charge is 2.16. The number of hydrogen-bond donors (Lipinski definition) is 0. The molecule has 0 spiro atoms. The third-order valence-electron chi connectivity index (χ3n) is 4.91. The summed E-state index contributed by atoms with van der Waals surface area (Å²) in [5, 5.41) is 0. The molecule has 3 rings (SSSR count). The Morgan fingerprint density at radius 1 is 0.680 bits per heavy atom. The van der Waals surface area contributed by atoms with Crippen LogP contribution in [-0.4, -0.2) is 56.7 Å². The number of rotatable bonds is 7. The number of hydrogen-bond acceptors (Lipinski definition) is 4. The standard InChI is InChI=1S/C21H28N2O2/c1-24-20-7-3-18(4-8-20)11-12-22-13-15-23(16-14-22)17-19-5-9-21(25-2)10-6-19/h3-10H,11-17H2,1-2H3. The van der Waals surface area contributed by atoms with Crippen LogP contribution in [0.15, 0.2) is 48.5 Å². The van der Waals surface area contributed by atoms with Gasteiger partial charge in [-0.3, -0.25) is 4.90 Å². The highest BCUT2D eigenvalue weighted by Crippen LogP contribution is 2.15. The van der Waals surface area contributed by atoms with Crippen LogP contribution in [0.3, 0.4) is 0 Å². The minimum Gasteiger partial charge on any atom is -0.497 e. The summed E-state index contributed by atoms with van der Waals surface area (Å²) >= 11 is 0. The van der Waals surface area contributed by atoms with E-state index in [9.17, 15) is 0 Å². The maximum absolute atomic E-state index is 5.22. The number of piperazine rings is 1. The molecule has 0 saturated carbocycles. The number of methoxy groups -OCH3 is 2. The monoisotopic (exact) mass is 340 g/mol. The van der Waals surface area contributed by atoms with Crippen LogP contribution in [-0.2, 0) is 13.0 Å². The summed E-state index contributed by atoms with van der Waals surface area (Å²) in [7, 11) is 3.42. The molecule has 1 aliphatic rings. The lowest BCUT2D eigenvalue weighted by molar-refractivity contribution is 0.128. The Labute approximate surface area is 151 Å². The second kappa shape index (κ2) is 8.88. The van der Waals surface area contributed by atoms with Crippen molar-refractivity contribution in [1.29, 1.82) is 0 Å². The second-order valence-corrected chi connectivity index (χ2v) is 6.56. The van der Waals surface area contributed by atoms with Gasteiger partial charge in [-0.15, -0.1) is 0 Å². The van der Waals surface area contributed by atoms with Crippen LogP contribution in [0, 0.1) is 0 Å². The third kappa shape index (κ3) is 5.21. The van der Waals surface area contributed by atoms with Gasteiger partial charge in [-0.05, 0) is 41.8 Å². The van der Waals surface area contributed by atoms with Crippen molar-refractivity contribution in [1.82, 2.24) is 9.80 Å². The zero-order valence-electron chi connectivity index (χ0n) is 15.3. The molecule has 0 radical (unpaired) electrons. The lowest BCUT2D eigenvalue weighted by atomic mass is 10.1. The molecular formula is C21H28N2O2. The lowest BCUT2D eigenvalue weighted by Crippen LogP contribution is -2.46. The summed E-state index contributed by atoms with van der Waals surface area (Å²) in [5.74, 6) is 1.85. The van der Waals surface area contributed by atoms with Gasteiger partial charge in [0.15, 0.2) is 0 Å². The predicted octanol–water partition coefficient (Wildman–Crippen LogP) is 3.06. The van der Waals surface area contributed by atoms with E-state index in [-0.39, 0.29) is 0 Å². The van der Waals surface area contributed by atoms with E-state index in [0.717, 1.165) is 57.2 Å². The van der Waals surface area contributed by atoms with Crippen LogP contribution < -0.4 is 9.47 Å². The van der Waals surface area contributed by atoms with Crippen molar-refractivity contribution in [3.8, 4) is 11.5 Å².